The Morgan fingerprint density at radius 2 is 2.05 bits per heavy atom. The van der Waals surface area contributed by atoms with Gasteiger partial charge in [0.15, 0.2) is 0 Å². The third kappa shape index (κ3) is 4.70. The van der Waals surface area contributed by atoms with E-state index in [0.717, 1.165) is 6.07 Å². The van der Waals surface area contributed by atoms with Gasteiger partial charge in [-0.05, 0) is 30.5 Å². The van der Waals surface area contributed by atoms with E-state index in [1.807, 2.05) is 13.8 Å². The number of sulfonamides is 1. The number of hydrogen-bond acceptors (Lipinski definition) is 2. The molecule has 7 heteroatoms. The standard InChI is InChI=1S/C12H16BrClFNO2S/c1-8(2)11(5-6-14)16-19(17,18)12-4-3-9(13)7-10(12)15/h3-4,7-8,11,16H,5-6H2,1-2H3. The highest BCUT2D eigenvalue weighted by Gasteiger charge is 2.24. The molecule has 19 heavy (non-hydrogen) atoms. The van der Waals surface area contributed by atoms with Crippen molar-refractivity contribution in [2.24, 2.45) is 5.92 Å². The zero-order valence-electron chi connectivity index (χ0n) is 10.7. The molecule has 1 rings (SSSR count). The first-order chi connectivity index (χ1) is 8.77. The van der Waals surface area contributed by atoms with Crippen molar-refractivity contribution in [1.29, 1.82) is 0 Å². The molecule has 0 aliphatic carbocycles. The van der Waals surface area contributed by atoms with Crippen molar-refractivity contribution in [3.63, 3.8) is 0 Å². The molecule has 0 amide bonds. The highest BCUT2D eigenvalue weighted by molar-refractivity contribution is 9.10. The van der Waals surface area contributed by atoms with Gasteiger partial charge in [-0.25, -0.2) is 17.5 Å². The maximum absolute atomic E-state index is 13.7. The number of hydrogen-bond donors (Lipinski definition) is 1. The van der Waals surface area contributed by atoms with Gasteiger partial charge in [-0.1, -0.05) is 29.8 Å². The van der Waals surface area contributed by atoms with Crippen molar-refractivity contribution >= 4 is 37.6 Å². The normalized spacial score (nSPS) is 13.8. The molecule has 0 heterocycles. The predicted molar refractivity (Wildman–Crippen MR) is 78.4 cm³/mol. The van der Waals surface area contributed by atoms with Gasteiger partial charge in [-0.3, -0.25) is 0 Å². The molecule has 0 saturated heterocycles. The molecule has 0 aliphatic rings. The van der Waals surface area contributed by atoms with Crippen LogP contribution in [-0.4, -0.2) is 20.3 Å². The minimum Gasteiger partial charge on any atom is -0.208 e. The second kappa shape index (κ2) is 7.02. The Morgan fingerprint density at radius 3 is 2.53 bits per heavy atom. The number of nitrogens with one attached hydrogen (secondary N) is 1. The molecule has 1 N–H and O–H groups in total. The van der Waals surface area contributed by atoms with E-state index in [1.165, 1.54) is 12.1 Å². The Balaban J connectivity index is 3.03. The summed E-state index contributed by atoms with van der Waals surface area (Å²) >= 11 is 8.74. The Morgan fingerprint density at radius 1 is 1.42 bits per heavy atom. The quantitative estimate of drug-likeness (QED) is 0.777. The van der Waals surface area contributed by atoms with Crippen LogP contribution in [-0.2, 0) is 10.0 Å². The fourth-order valence-electron chi connectivity index (χ4n) is 1.60. The maximum atomic E-state index is 13.7. The van der Waals surface area contributed by atoms with Crippen molar-refractivity contribution in [3.8, 4) is 0 Å². The van der Waals surface area contributed by atoms with Gasteiger partial charge < -0.3 is 0 Å². The third-order valence-corrected chi connectivity index (χ3v) is 4.95. The first-order valence-electron chi connectivity index (χ1n) is 5.81. The van der Waals surface area contributed by atoms with E-state index >= 15 is 0 Å². The van der Waals surface area contributed by atoms with Crippen LogP contribution in [0.3, 0.4) is 0 Å². The topological polar surface area (TPSA) is 46.2 Å². The van der Waals surface area contributed by atoms with Crippen LogP contribution in [0.5, 0.6) is 0 Å². The van der Waals surface area contributed by atoms with E-state index in [0.29, 0.717) is 16.8 Å². The smallest absolute Gasteiger partial charge is 0.208 e. The number of alkyl halides is 1. The monoisotopic (exact) mass is 371 g/mol. The Bertz CT molecular complexity index is 537. The van der Waals surface area contributed by atoms with E-state index < -0.39 is 15.8 Å². The summed E-state index contributed by atoms with van der Waals surface area (Å²) < 4.78 is 41.0. The van der Waals surface area contributed by atoms with Gasteiger partial charge in [0, 0.05) is 16.4 Å². The SMILES string of the molecule is CC(C)C(CCCl)NS(=O)(=O)c1ccc(Br)cc1F. The minimum absolute atomic E-state index is 0.0760. The first-order valence-corrected chi connectivity index (χ1v) is 8.62. The molecule has 3 nitrogen and oxygen atoms in total. The molecule has 1 aromatic carbocycles. The van der Waals surface area contributed by atoms with Crippen LogP contribution in [0.2, 0.25) is 0 Å². The minimum atomic E-state index is -3.88. The molecule has 0 aliphatic heterocycles. The average molecular weight is 373 g/mol. The molecule has 108 valence electrons. The van der Waals surface area contributed by atoms with Gasteiger partial charge in [0.2, 0.25) is 10.0 Å². The van der Waals surface area contributed by atoms with E-state index in [2.05, 4.69) is 20.7 Å². The summed E-state index contributed by atoms with van der Waals surface area (Å²) in [6.45, 7) is 3.77. The van der Waals surface area contributed by atoms with Crippen molar-refractivity contribution in [2.75, 3.05) is 5.88 Å². The van der Waals surface area contributed by atoms with Crippen LogP contribution in [0.1, 0.15) is 20.3 Å². The molecule has 0 spiro atoms. The molecule has 1 aromatic rings. The summed E-state index contributed by atoms with van der Waals surface area (Å²) in [5, 5.41) is 0. The number of rotatable bonds is 6. The van der Waals surface area contributed by atoms with E-state index in [1.54, 1.807) is 0 Å². The largest absolute Gasteiger partial charge is 0.243 e. The third-order valence-electron chi connectivity index (χ3n) is 2.71. The second-order valence-electron chi connectivity index (χ2n) is 4.52. The van der Waals surface area contributed by atoms with Crippen LogP contribution in [0, 0.1) is 11.7 Å². The highest BCUT2D eigenvalue weighted by Crippen LogP contribution is 2.20. The van der Waals surface area contributed by atoms with Gasteiger partial charge in [0.1, 0.15) is 10.7 Å². The fourth-order valence-corrected chi connectivity index (χ4v) is 3.65. The van der Waals surface area contributed by atoms with Crippen molar-refractivity contribution in [3.05, 3.63) is 28.5 Å². The van der Waals surface area contributed by atoms with Crippen LogP contribution < -0.4 is 4.72 Å². The molecular formula is C12H16BrClFNO2S. The number of halogens is 3. The van der Waals surface area contributed by atoms with Gasteiger partial charge >= 0.3 is 0 Å². The lowest BCUT2D eigenvalue weighted by Gasteiger charge is -2.21. The first kappa shape index (κ1) is 16.9. The highest BCUT2D eigenvalue weighted by atomic mass is 79.9. The molecule has 0 bridgehead atoms. The zero-order valence-corrected chi connectivity index (χ0v) is 13.8. The summed E-state index contributed by atoms with van der Waals surface area (Å²) in [6, 6.07) is 3.54. The Labute approximate surface area is 126 Å². The lowest BCUT2D eigenvalue weighted by Crippen LogP contribution is -2.39. The van der Waals surface area contributed by atoms with Gasteiger partial charge in [-0.2, -0.15) is 0 Å². The van der Waals surface area contributed by atoms with Crippen LogP contribution in [0.15, 0.2) is 27.6 Å². The molecule has 1 unspecified atom stereocenters. The van der Waals surface area contributed by atoms with Crippen molar-refractivity contribution in [1.82, 2.24) is 4.72 Å². The average Bonchev–Trinajstić information content (AvgIpc) is 2.27. The summed E-state index contributed by atoms with van der Waals surface area (Å²) in [4.78, 5) is -0.351. The van der Waals surface area contributed by atoms with Crippen LogP contribution in [0.25, 0.3) is 0 Å². The van der Waals surface area contributed by atoms with E-state index in [-0.39, 0.29) is 16.9 Å². The van der Waals surface area contributed by atoms with E-state index in [4.69, 9.17) is 11.6 Å². The van der Waals surface area contributed by atoms with Gasteiger partial charge in [-0.15, -0.1) is 11.6 Å². The van der Waals surface area contributed by atoms with Crippen molar-refractivity contribution in [2.45, 2.75) is 31.2 Å². The summed E-state index contributed by atoms with van der Waals surface area (Å²) in [6.07, 6.45) is 0.497. The van der Waals surface area contributed by atoms with Gasteiger partial charge in [0.25, 0.3) is 0 Å². The Hall–Kier alpha value is -0.170. The van der Waals surface area contributed by atoms with Crippen molar-refractivity contribution < 1.29 is 12.8 Å². The van der Waals surface area contributed by atoms with Crippen LogP contribution in [0.4, 0.5) is 4.39 Å². The second-order valence-corrected chi connectivity index (χ2v) is 7.50. The molecule has 1 atom stereocenters. The van der Waals surface area contributed by atoms with Crippen LogP contribution >= 0.6 is 27.5 Å². The lowest BCUT2D eigenvalue weighted by molar-refractivity contribution is 0.437. The fraction of sp³-hybridized carbons (Fsp3) is 0.500. The molecule has 0 fully saturated rings. The summed E-state index contributed by atoms with van der Waals surface area (Å²) in [5.41, 5.74) is 0. The van der Waals surface area contributed by atoms with Gasteiger partial charge in [0.05, 0.1) is 0 Å². The Kier molecular flexibility index (Phi) is 6.23. The zero-order chi connectivity index (χ0) is 14.6. The predicted octanol–water partition coefficient (Wildman–Crippen LogP) is 3.52. The lowest BCUT2D eigenvalue weighted by atomic mass is 10.0. The summed E-state index contributed by atoms with van der Waals surface area (Å²) in [7, 11) is -3.88. The molecule has 0 radical (unpaired) electrons. The van der Waals surface area contributed by atoms with E-state index in [9.17, 15) is 12.8 Å². The summed E-state index contributed by atoms with van der Waals surface area (Å²) in [5.74, 6) is -0.365. The molecular weight excluding hydrogens is 357 g/mol. The molecule has 0 saturated carbocycles. The number of benzene rings is 1. The maximum Gasteiger partial charge on any atom is 0.243 e. The molecule has 0 aromatic heterocycles.